The van der Waals surface area contributed by atoms with Crippen molar-refractivity contribution < 1.29 is 13.2 Å². The topological polar surface area (TPSA) is 41.9 Å². The number of anilines is 2. The van der Waals surface area contributed by atoms with E-state index >= 15 is 0 Å². The molecule has 1 heterocycles. The molecule has 0 aliphatic rings. The first kappa shape index (κ1) is 21.4. The van der Waals surface area contributed by atoms with Crippen LogP contribution in [0.4, 0.5) is 24.7 Å². The summed E-state index contributed by atoms with van der Waals surface area (Å²) in [5.74, 6) is 0.449. The molecule has 2 N–H and O–H groups in total. The van der Waals surface area contributed by atoms with Gasteiger partial charge in [-0.3, -0.25) is 4.68 Å². The third-order valence-corrected chi connectivity index (χ3v) is 4.75. The largest absolute Gasteiger partial charge is 0.416 e. The van der Waals surface area contributed by atoms with Gasteiger partial charge in [0.15, 0.2) is 10.9 Å². The van der Waals surface area contributed by atoms with Gasteiger partial charge in [-0.2, -0.15) is 18.3 Å². The van der Waals surface area contributed by atoms with E-state index < -0.39 is 11.7 Å². The zero-order valence-corrected chi connectivity index (χ0v) is 17.3. The van der Waals surface area contributed by atoms with Crippen molar-refractivity contribution in [3.05, 3.63) is 75.4 Å². The fourth-order valence-corrected chi connectivity index (χ4v) is 3.16. The van der Waals surface area contributed by atoms with Crippen molar-refractivity contribution in [3.63, 3.8) is 0 Å². The highest BCUT2D eigenvalue weighted by Crippen LogP contribution is 2.30. The molecule has 0 amide bonds. The van der Waals surface area contributed by atoms with Crippen molar-refractivity contribution in [1.29, 1.82) is 0 Å². The summed E-state index contributed by atoms with van der Waals surface area (Å²) in [7, 11) is 0. The normalized spacial score (nSPS) is 11.4. The molecule has 0 saturated carbocycles. The van der Waals surface area contributed by atoms with Gasteiger partial charge in [0.2, 0.25) is 0 Å². The standard InChI is InChI=1S/C19H15Cl2F3N4S/c1-11-7-17(26-18(29)25-16-9-14(20)5-6-15(16)21)27-28(11)10-12-3-2-4-13(8-12)19(22,23)24/h2-9H,10H2,1H3,(H2,25,26,27,29). The van der Waals surface area contributed by atoms with E-state index in [-0.39, 0.29) is 11.7 Å². The fraction of sp³-hybridized carbons (Fsp3) is 0.158. The van der Waals surface area contributed by atoms with Gasteiger partial charge in [0.25, 0.3) is 0 Å². The Morgan fingerprint density at radius 3 is 2.59 bits per heavy atom. The highest BCUT2D eigenvalue weighted by molar-refractivity contribution is 7.80. The first-order valence-electron chi connectivity index (χ1n) is 8.35. The van der Waals surface area contributed by atoms with Crippen LogP contribution >= 0.6 is 35.4 Å². The Balaban J connectivity index is 1.70. The third kappa shape index (κ3) is 5.62. The van der Waals surface area contributed by atoms with Gasteiger partial charge in [-0.15, -0.1) is 0 Å². The molecule has 0 fully saturated rings. The van der Waals surface area contributed by atoms with E-state index in [0.29, 0.717) is 27.1 Å². The van der Waals surface area contributed by atoms with Crippen molar-refractivity contribution in [2.45, 2.75) is 19.6 Å². The summed E-state index contributed by atoms with van der Waals surface area (Å²) in [6, 6.07) is 11.8. The summed E-state index contributed by atoms with van der Waals surface area (Å²) in [5.41, 5.74) is 1.09. The van der Waals surface area contributed by atoms with Crippen LogP contribution in [0.25, 0.3) is 0 Å². The molecule has 0 atom stereocenters. The van der Waals surface area contributed by atoms with Gasteiger partial charge in [0, 0.05) is 16.8 Å². The summed E-state index contributed by atoms with van der Waals surface area (Å²) < 4.78 is 40.3. The van der Waals surface area contributed by atoms with Gasteiger partial charge in [0.1, 0.15) is 0 Å². The molecule has 0 radical (unpaired) electrons. The van der Waals surface area contributed by atoms with E-state index in [1.807, 2.05) is 0 Å². The lowest BCUT2D eigenvalue weighted by Gasteiger charge is -2.11. The second-order valence-electron chi connectivity index (χ2n) is 6.23. The second kappa shape index (κ2) is 8.61. The molecule has 0 aliphatic carbocycles. The Labute approximate surface area is 180 Å². The molecule has 10 heteroatoms. The molecule has 0 unspecified atom stereocenters. The van der Waals surface area contributed by atoms with Crippen LogP contribution in [0.15, 0.2) is 48.5 Å². The van der Waals surface area contributed by atoms with E-state index in [0.717, 1.165) is 17.8 Å². The SMILES string of the molecule is Cc1cc(NC(=S)Nc2cc(Cl)ccc2Cl)nn1Cc1cccc(C(F)(F)F)c1. The third-order valence-electron chi connectivity index (χ3n) is 3.99. The van der Waals surface area contributed by atoms with Crippen LogP contribution < -0.4 is 10.6 Å². The van der Waals surface area contributed by atoms with Crippen LogP contribution in [0.5, 0.6) is 0 Å². The average molecular weight is 459 g/mol. The van der Waals surface area contributed by atoms with Gasteiger partial charge >= 0.3 is 6.18 Å². The van der Waals surface area contributed by atoms with Crippen molar-refractivity contribution >= 4 is 52.0 Å². The monoisotopic (exact) mass is 458 g/mol. The van der Waals surface area contributed by atoms with E-state index in [2.05, 4.69) is 15.7 Å². The van der Waals surface area contributed by atoms with E-state index in [4.69, 9.17) is 35.4 Å². The number of benzene rings is 2. The van der Waals surface area contributed by atoms with Gasteiger partial charge < -0.3 is 10.6 Å². The Bertz CT molecular complexity index is 1050. The summed E-state index contributed by atoms with van der Waals surface area (Å²) in [4.78, 5) is 0. The molecule has 0 spiro atoms. The van der Waals surface area contributed by atoms with Gasteiger partial charge in [0.05, 0.1) is 22.8 Å². The van der Waals surface area contributed by atoms with Gasteiger partial charge in [-0.1, -0.05) is 35.3 Å². The molecule has 29 heavy (non-hydrogen) atoms. The first-order chi connectivity index (χ1) is 13.6. The minimum absolute atomic E-state index is 0.192. The maximum Gasteiger partial charge on any atom is 0.416 e. The first-order valence-corrected chi connectivity index (χ1v) is 9.52. The van der Waals surface area contributed by atoms with Crippen molar-refractivity contribution in [1.82, 2.24) is 9.78 Å². The zero-order chi connectivity index (χ0) is 21.2. The number of alkyl halides is 3. The predicted molar refractivity (Wildman–Crippen MR) is 114 cm³/mol. The quantitative estimate of drug-likeness (QED) is 0.445. The molecule has 2 aromatic carbocycles. The number of rotatable bonds is 4. The van der Waals surface area contributed by atoms with Crippen molar-refractivity contribution in [3.8, 4) is 0 Å². The Morgan fingerprint density at radius 1 is 1.10 bits per heavy atom. The number of aromatic nitrogens is 2. The summed E-state index contributed by atoms with van der Waals surface area (Å²) in [5, 5.41) is 11.4. The number of nitrogens with zero attached hydrogens (tertiary/aromatic N) is 2. The summed E-state index contributed by atoms with van der Waals surface area (Å²) in [6.07, 6.45) is -4.39. The lowest BCUT2D eigenvalue weighted by Crippen LogP contribution is -2.19. The van der Waals surface area contributed by atoms with Crippen LogP contribution in [0.3, 0.4) is 0 Å². The number of nitrogens with one attached hydrogen (secondary N) is 2. The number of halogens is 5. The highest BCUT2D eigenvalue weighted by Gasteiger charge is 2.30. The Morgan fingerprint density at radius 2 is 1.86 bits per heavy atom. The zero-order valence-electron chi connectivity index (χ0n) is 15.0. The molecular formula is C19H15Cl2F3N4S. The van der Waals surface area contributed by atoms with Gasteiger partial charge in [-0.05, 0) is 55.0 Å². The highest BCUT2D eigenvalue weighted by atomic mass is 35.5. The summed E-state index contributed by atoms with van der Waals surface area (Å²) in [6.45, 7) is 1.99. The van der Waals surface area contributed by atoms with Crippen molar-refractivity contribution in [2.75, 3.05) is 10.6 Å². The van der Waals surface area contributed by atoms with Crippen LogP contribution in [0.2, 0.25) is 10.0 Å². The van der Waals surface area contributed by atoms with E-state index in [1.165, 1.54) is 6.07 Å². The fourth-order valence-electron chi connectivity index (χ4n) is 2.61. The average Bonchev–Trinajstić information content (AvgIpc) is 2.96. The molecular weight excluding hydrogens is 444 g/mol. The number of hydrogen-bond acceptors (Lipinski definition) is 2. The van der Waals surface area contributed by atoms with Crippen LogP contribution in [0, 0.1) is 6.92 Å². The second-order valence-corrected chi connectivity index (χ2v) is 7.48. The maximum absolute atomic E-state index is 12.9. The summed E-state index contributed by atoms with van der Waals surface area (Å²) >= 11 is 17.3. The minimum Gasteiger partial charge on any atom is -0.331 e. The minimum atomic E-state index is -4.39. The number of aryl methyl sites for hydroxylation is 1. The molecule has 152 valence electrons. The molecule has 3 aromatic rings. The Kier molecular flexibility index (Phi) is 6.36. The van der Waals surface area contributed by atoms with Crippen LogP contribution in [-0.2, 0) is 12.7 Å². The van der Waals surface area contributed by atoms with Crippen molar-refractivity contribution in [2.24, 2.45) is 0 Å². The maximum atomic E-state index is 12.9. The molecule has 0 aliphatic heterocycles. The number of hydrogen-bond donors (Lipinski definition) is 2. The van der Waals surface area contributed by atoms with Gasteiger partial charge in [-0.25, -0.2) is 0 Å². The molecule has 4 nitrogen and oxygen atoms in total. The lowest BCUT2D eigenvalue weighted by atomic mass is 10.1. The number of thiocarbonyl (C=S) groups is 1. The lowest BCUT2D eigenvalue weighted by molar-refractivity contribution is -0.137. The van der Waals surface area contributed by atoms with E-state index in [9.17, 15) is 13.2 Å². The predicted octanol–water partition coefficient (Wildman–Crippen LogP) is 6.37. The van der Waals surface area contributed by atoms with Crippen LogP contribution in [0.1, 0.15) is 16.8 Å². The van der Waals surface area contributed by atoms with Crippen LogP contribution in [-0.4, -0.2) is 14.9 Å². The molecule has 0 saturated heterocycles. The molecule has 0 bridgehead atoms. The smallest absolute Gasteiger partial charge is 0.331 e. The molecule has 1 aromatic heterocycles. The van der Waals surface area contributed by atoms with E-state index in [1.54, 1.807) is 41.9 Å². The molecule has 3 rings (SSSR count). The Hall–Kier alpha value is -2.29.